The van der Waals surface area contributed by atoms with Gasteiger partial charge in [-0.2, -0.15) is 0 Å². The molecule has 6 nitrogen and oxygen atoms in total. The third kappa shape index (κ3) is 2.38. The van der Waals surface area contributed by atoms with Crippen LogP contribution in [0.5, 0.6) is 0 Å². The molecule has 0 saturated carbocycles. The van der Waals surface area contributed by atoms with Gasteiger partial charge in [0.15, 0.2) is 5.69 Å². The van der Waals surface area contributed by atoms with Gasteiger partial charge in [-0.05, 0) is 36.8 Å². The van der Waals surface area contributed by atoms with Gasteiger partial charge in [-0.15, -0.1) is 5.10 Å². The first-order valence-corrected chi connectivity index (χ1v) is 6.33. The van der Waals surface area contributed by atoms with Gasteiger partial charge in [0.1, 0.15) is 5.69 Å². The average molecular weight is 280 g/mol. The lowest BCUT2D eigenvalue weighted by atomic mass is 10.1. The number of carboxylic acids is 1. The van der Waals surface area contributed by atoms with Crippen molar-refractivity contribution in [3.63, 3.8) is 0 Å². The topological polar surface area (TPSA) is 80.9 Å². The number of benzene rings is 1. The normalized spacial score (nSPS) is 10.5. The fourth-order valence-corrected chi connectivity index (χ4v) is 2.14. The summed E-state index contributed by atoms with van der Waals surface area (Å²) in [6, 6.07) is 11.1. The summed E-state index contributed by atoms with van der Waals surface area (Å²) < 4.78 is 1.53. The van der Waals surface area contributed by atoms with E-state index >= 15 is 0 Å². The Balaban J connectivity index is 2.25. The van der Waals surface area contributed by atoms with Gasteiger partial charge in [0, 0.05) is 18.0 Å². The predicted molar refractivity (Wildman–Crippen MR) is 76.3 cm³/mol. The number of carbonyl (C=O) groups is 1. The number of pyridine rings is 1. The molecule has 0 spiro atoms. The molecule has 1 N–H and O–H groups in total. The van der Waals surface area contributed by atoms with Gasteiger partial charge in [-0.25, -0.2) is 9.48 Å². The highest BCUT2D eigenvalue weighted by atomic mass is 16.4. The van der Waals surface area contributed by atoms with E-state index in [1.165, 1.54) is 4.68 Å². The maximum atomic E-state index is 11.4. The predicted octanol–water partition coefficient (Wildman–Crippen LogP) is 2.34. The highest BCUT2D eigenvalue weighted by molar-refractivity contribution is 5.93. The molecule has 0 aliphatic rings. The molecule has 0 bridgehead atoms. The van der Waals surface area contributed by atoms with Gasteiger partial charge < -0.3 is 5.11 Å². The highest BCUT2D eigenvalue weighted by Crippen LogP contribution is 2.25. The van der Waals surface area contributed by atoms with Crippen molar-refractivity contribution in [3.8, 4) is 16.9 Å². The molecule has 2 heterocycles. The van der Waals surface area contributed by atoms with Crippen LogP contribution in [0.2, 0.25) is 0 Å². The Morgan fingerprint density at radius 1 is 1.19 bits per heavy atom. The van der Waals surface area contributed by atoms with Gasteiger partial charge in [0.2, 0.25) is 0 Å². The van der Waals surface area contributed by atoms with E-state index < -0.39 is 5.97 Å². The van der Waals surface area contributed by atoms with Crippen molar-refractivity contribution in [2.45, 2.75) is 6.92 Å². The standard InChI is InChI=1S/C15H12N4O2/c1-10-3-2-4-12(9-10)19-14(11-5-7-16-8-6-11)13(15(20)21)17-18-19/h2-9H,1H3,(H,20,21). The molecular weight excluding hydrogens is 268 g/mol. The average Bonchev–Trinajstić information content (AvgIpc) is 2.93. The molecular formula is C15H12N4O2. The van der Waals surface area contributed by atoms with Crippen molar-refractivity contribution in [1.82, 2.24) is 20.0 Å². The van der Waals surface area contributed by atoms with E-state index in [0.29, 0.717) is 11.3 Å². The molecule has 0 saturated heterocycles. The van der Waals surface area contributed by atoms with E-state index in [0.717, 1.165) is 11.3 Å². The minimum absolute atomic E-state index is 0.0808. The first kappa shape index (κ1) is 13.0. The van der Waals surface area contributed by atoms with Crippen LogP contribution in [0, 0.1) is 6.92 Å². The molecule has 0 radical (unpaired) electrons. The molecule has 0 unspecified atom stereocenters. The molecule has 0 atom stereocenters. The smallest absolute Gasteiger partial charge is 0.358 e. The van der Waals surface area contributed by atoms with Crippen LogP contribution < -0.4 is 0 Å². The summed E-state index contributed by atoms with van der Waals surface area (Å²) in [6.07, 6.45) is 3.21. The Morgan fingerprint density at radius 3 is 2.62 bits per heavy atom. The van der Waals surface area contributed by atoms with E-state index in [1.807, 2.05) is 31.2 Å². The van der Waals surface area contributed by atoms with Crippen LogP contribution in [0.15, 0.2) is 48.8 Å². The first-order valence-electron chi connectivity index (χ1n) is 6.33. The van der Waals surface area contributed by atoms with E-state index in [1.54, 1.807) is 24.5 Å². The van der Waals surface area contributed by atoms with E-state index in [-0.39, 0.29) is 5.69 Å². The zero-order chi connectivity index (χ0) is 14.8. The number of hydrogen-bond donors (Lipinski definition) is 1. The third-order valence-corrected chi connectivity index (χ3v) is 3.07. The van der Waals surface area contributed by atoms with Crippen LogP contribution in [0.25, 0.3) is 16.9 Å². The highest BCUT2D eigenvalue weighted by Gasteiger charge is 2.21. The number of hydrogen-bond acceptors (Lipinski definition) is 4. The Morgan fingerprint density at radius 2 is 1.95 bits per heavy atom. The minimum atomic E-state index is -1.11. The Labute approximate surface area is 120 Å². The molecule has 0 aliphatic carbocycles. The summed E-state index contributed by atoms with van der Waals surface area (Å²) >= 11 is 0. The Kier molecular flexibility index (Phi) is 3.19. The number of aromatic carboxylic acids is 1. The van der Waals surface area contributed by atoms with Crippen molar-refractivity contribution >= 4 is 5.97 Å². The van der Waals surface area contributed by atoms with E-state index in [2.05, 4.69) is 15.3 Å². The summed E-state index contributed by atoms with van der Waals surface area (Å²) in [5.41, 5.74) is 2.88. The molecule has 1 aromatic carbocycles. The molecule has 0 fully saturated rings. The maximum absolute atomic E-state index is 11.4. The SMILES string of the molecule is Cc1cccc(-n2nnc(C(=O)O)c2-c2ccncc2)c1. The molecule has 3 aromatic rings. The van der Waals surface area contributed by atoms with E-state index in [4.69, 9.17) is 0 Å². The van der Waals surface area contributed by atoms with Crippen molar-refractivity contribution in [3.05, 3.63) is 60.0 Å². The molecule has 0 amide bonds. The molecule has 0 aliphatic heterocycles. The van der Waals surface area contributed by atoms with E-state index in [9.17, 15) is 9.90 Å². The van der Waals surface area contributed by atoms with Crippen LogP contribution in [0.4, 0.5) is 0 Å². The van der Waals surface area contributed by atoms with Gasteiger partial charge in [0.25, 0.3) is 0 Å². The lowest BCUT2D eigenvalue weighted by Crippen LogP contribution is -2.03. The number of carboxylic acid groups (broad SMARTS) is 1. The summed E-state index contributed by atoms with van der Waals surface area (Å²) in [5.74, 6) is -1.11. The molecule has 2 aromatic heterocycles. The molecule has 104 valence electrons. The fraction of sp³-hybridized carbons (Fsp3) is 0.0667. The van der Waals surface area contributed by atoms with Gasteiger partial charge in [-0.1, -0.05) is 17.3 Å². The number of aryl methyl sites for hydroxylation is 1. The summed E-state index contributed by atoms with van der Waals surface area (Å²) in [4.78, 5) is 15.3. The summed E-state index contributed by atoms with van der Waals surface area (Å²) in [7, 11) is 0. The van der Waals surface area contributed by atoms with Crippen molar-refractivity contribution in [2.24, 2.45) is 0 Å². The number of nitrogens with zero attached hydrogens (tertiary/aromatic N) is 4. The van der Waals surface area contributed by atoms with Crippen LogP contribution >= 0.6 is 0 Å². The number of aromatic nitrogens is 4. The maximum Gasteiger partial charge on any atom is 0.358 e. The fourth-order valence-electron chi connectivity index (χ4n) is 2.14. The largest absolute Gasteiger partial charge is 0.476 e. The van der Waals surface area contributed by atoms with Crippen molar-refractivity contribution < 1.29 is 9.90 Å². The first-order chi connectivity index (χ1) is 10.2. The van der Waals surface area contributed by atoms with Gasteiger partial charge in [-0.3, -0.25) is 4.98 Å². The monoisotopic (exact) mass is 280 g/mol. The molecule has 21 heavy (non-hydrogen) atoms. The lowest BCUT2D eigenvalue weighted by molar-refractivity contribution is 0.0691. The van der Waals surface area contributed by atoms with Crippen LogP contribution in [-0.4, -0.2) is 31.1 Å². The third-order valence-electron chi connectivity index (χ3n) is 3.07. The van der Waals surface area contributed by atoms with Crippen LogP contribution in [0.1, 0.15) is 16.1 Å². The zero-order valence-corrected chi connectivity index (χ0v) is 11.3. The van der Waals surface area contributed by atoms with Crippen LogP contribution in [0.3, 0.4) is 0 Å². The number of rotatable bonds is 3. The Hall–Kier alpha value is -3.02. The van der Waals surface area contributed by atoms with Crippen molar-refractivity contribution in [2.75, 3.05) is 0 Å². The quantitative estimate of drug-likeness (QED) is 0.796. The van der Waals surface area contributed by atoms with Crippen molar-refractivity contribution in [1.29, 1.82) is 0 Å². The Bertz CT molecular complexity index is 796. The summed E-state index contributed by atoms with van der Waals surface area (Å²) in [6.45, 7) is 1.96. The summed E-state index contributed by atoms with van der Waals surface area (Å²) in [5, 5.41) is 17.1. The van der Waals surface area contributed by atoms with Crippen LogP contribution in [-0.2, 0) is 0 Å². The van der Waals surface area contributed by atoms with Gasteiger partial charge >= 0.3 is 5.97 Å². The second-order valence-electron chi connectivity index (χ2n) is 4.58. The molecule has 6 heteroatoms. The van der Waals surface area contributed by atoms with Gasteiger partial charge in [0.05, 0.1) is 5.69 Å². The zero-order valence-electron chi connectivity index (χ0n) is 11.3. The lowest BCUT2D eigenvalue weighted by Gasteiger charge is -2.07. The molecule has 3 rings (SSSR count). The second-order valence-corrected chi connectivity index (χ2v) is 4.58. The second kappa shape index (κ2) is 5.16. The minimum Gasteiger partial charge on any atom is -0.476 e.